The van der Waals surface area contributed by atoms with Crippen molar-refractivity contribution < 1.29 is 23.9 Å². The van der Waals surface area contributed by atoms with Gasteiger partial charge in [-0.3, -0.25) is 0 Å². The van der Waals surface area contributed by atoms with Gasteiger partial charge in [-0.25, -0.2) is 14.4 Å². The van der Waals surface area contributed by atoms with Gasteiger partial charge in [0.15, 0.2) is 0 Å². The Morgan fingerprint density at radius 2 is 1.91 bits per heavy atom. The SMILES string of the molecule is CCCCCCC1C(=O)OC(=O)N1C(=O)OCc1ccccc1. The molecule has 0 spiro atoms. The van der Waals surface area contributed by atoms with Crippen LogP contribution in [0.25, 0.3) is 0 Å². The number of cyclic esters (lactones) is 2. The highest BCUT2D eigenvalue weighted by Crippen LogP contribution is 2.21. The number of rotatable bonds is 7. The van der Waals surface area contributed by atoms with Crippen molar-refractivity contribution in [1.29, 1.82) is 0 Å². The van der Waals surface area contributed by atoms with Crippen LogP contribution in [0.1, 0.15) is 44.6 Å². The Hall–Kier alpha value is -2.37. The Kier molecular flexibility index (Phi) is 6.14. The van der Waals surface area contributed by atoms with Crippen molar-refractivity contribution in [3.63, 3.8) is 0 Å². The topological polar surface area (TPSA) is 72.9 Å². The maximum atomic E-state index is 12.1. The molecular weight excluding hydrogens is 298 g/mol. The van der Waals surface area contributed by atoms with Gasteiger partial charge >= 0.3 is 18.2 Å². The molecule has 1 heterocycles. The van der Waals surface area contributed by atoms with Gasteiger partial charge in [-0.1, -0.05) is 62.9 Å². The summed E-state index contributed by atoms with van der Waals surface area (Å²) in [6, 6.07) is 8.25. The molecule has 0 saturated carbocycles. The molecule has 1 saturated heterocycles. The standard InChI is InChI=1S/C17H21NO5/c1-2-3-4-8-11-14-15(19)23-17(21)18(14)16(20)22-12-13-9-6-5-7-10-13/h5-7,9-10,14H,2-4,8,11-12H2,1H3. The molecule has 2 amide bonds. The summed E-state index contributed by atoms with van der Waals surface area (Å²) in [7, 11) is 0. The van der Waals surface area contributed by atoms with E-state index in [0.717, 1.165) is 36.1 Å². The number of carbonyl (C=O) groups is 3. The highest BCUT2D eigenvalue weighted by Gasteiger charge is 2.45. The number of imide groups is 1. The van der Waals surface area contributed by atoms with Gasteiger partial charge in [-0.05, 0) is 12.0 Å². The fourth-order valence-corrected chi connectivity index (χ4v) is 2.44. The van der Waals surface area contributed by atoms with Crippen LogP contribution >= 0.6 is 0 Å². The summed E-state index contributed by atoms with van der Waals surface area (Å²) in [5, 5.41) is 0. The number of benzene rings is 1. The quantitative estimate of drug-likeness (QED) is 0.436. The molecule has 1 aliphatic heterocycles. The second kappa shape index (κ2) is 8.31. The van der Waals surface area contributed by atoms with Gasteiger partial charge in [0.1, 0.15) is 12.6 Å². The van der Waals surface area contributed by atoms with E-state index in [1.807, 2.05) is 30.3 Å². The van der Waals surface area contributed by atoms with Gasteiger partial charge in [0.25, 0.3) is 0 Å². The molecule has 1 aromatic carbocycles. The molecule has 124 valence electrons. The Morgan fingerprint density at radius 1 is 1.17 bits per heavy atom. The third-order valence-electron chi connectivity index (χ3n) is 3.70. The van der Waals surface area contributed by atoms with E-state index in [-0.39, 0.29) is 6.61 Å². The van der Waals surface area contributed by atoms with Crippen LogP contribution in [-0.2, 0) is 20.9 Å². The number of esters is 1. The van der Waals surface area contributed by atoms with E-state index in [4.69, 9.17) is 4.74 Å². The minimum absolute atomic E-state index is 0.0419. The summed E-state index contributed by atoms with van der Waals surface area (Å²) < 4.78 is 9.69. The molecule has 1 fully saturated rings. The summed E-state index contributed by atoms with van der Waals surface area (Å²) in [5.41, 5.74) is 0.805. The average Bonchev–Trinajstić information content (AvgIpc) is 2.84. The van der Waals surface area contributed by atoms with Gasteiger partial charge in [-0.15, -0.1) is 0 Å². The molecule has 6 heteroatoms. The van der Waals surface area contributed by atoms with E-state index in [9.17, 15) is 14.4 Å². The highest BCUT2D eigenvalue weighted by atomic mass is 16.6. The van der Waals surface area contributed by atoms with Gasteiger partial charge in [0.2, 0.25) is 0 Å². The van der Waals surface area contributed by atoms with Gasteiger partial charge in [-0.2, -0.15) is 4.90 Å². The lowest BCUT2D eigenvalue weighted by Gasteiger charge is -2.17. The van der Waals surface area contributed by atoms with Crippen LogP contribution in [0.5, 0.6) is 0 Å². The normalized spacial score (nSPS) is 17.3. The molecule has 6 nitrogen and oxygen atoms in total. The fraction of sp³-hybridized carbons (Fsp3) is 0.471. The van der Waals surface area contributed by atoms with Crippen LogP contribution in [0.3, 0.4) is 0 Å². The predicted molar refractivity (Wildman–Crippen MR) is 82.5 cm³/mol. The molecule has 1 atom stereocenters. The number of carbonyl (C=O) groups excluding carboxylic acids is 3. The zero-order valence-electron chi connectivity index (χ0n) is 13.2. The largest absolute Gasteiger partial charge is 0.444 e. The summed E-state index contributed by atoms with van der Waals surface area (Å²) in [5.74, 6) is -0.678. The molecule has 23 heavy (non-hydrogen) atoms. The molecule has 0 radical (unpaired) electrons. The number of nitrogens with zero attached hydrogens (tertiary/aromatic N) is 1. The second-order valence-electron chi connectivity index (χ2n) is 5.46. The summed E-state index contributed by atoms with van der Waals surface area (Å²) in [6.45, 7) is 2.13. The van der Waals surface area contributed by atoms with E-state index in [1.54, 1.807) is 0 Å². The van der Waals surface area contributed by atoms with Crippen molar-refractivity contribution in [2.75, 3.05) is 0 Å². The Balaban J connectivity index is 1.92. The average molecular weight is 319 g/mol. The van der Waals surface area contributed by atoms with E-state index in [0.29, 0.717) is 6.42 Å². The monoisotopic (exact) mass is 319 g/mol. The predicted octanol–water partition coefficient (Wildman–Crippen LogP) is 3.64. The van der Waals surface area contributed by atoms with Crippen molar-refractivity contribution in [3.05, 3.63) is 35.9 Å². The van der Waals surface area contributed by atoms with Gasteiger partial charge < -0.3 is 9.47 Å². The molecule has 0 bridgehead atoms. The van der Waals surface area contributed by atoms with Crippen LogP contribution in [0, 0.1) is 0 Å². The van der Waals surface area contributed by atoms with E-state index in [1.165, 1.54) is 0 Å². The van der Waals surface area contributed by atoms with Crippen LogP contribution in [0.15, 0.2) is 30.3 Å². The first-order chi connectivity index (χ1) is 11.1. The minimum atomic E-state index is -0.950. The minimum Gasteiger partial charge on any atom is -0.444 e. The number of hydrogen-bond acceptors (Lipinski definition) is 5. The summed E-state index contributed by atoms with van der Waals surface area (Å²) in [4.78, 5) is 36.4. The first kappa shape index (κ1) is 17.0. The molecule has 1 unspecified atom stereocenters. The zero-order valence-corrected chi connectivity index (χ0v) is 13.2. The fourth-order valence-electron chi connectivity index (χ4n) is 2.44. The molecular formula is C17H21NO5. The Bertz CT molecular complexity index is 557. The van der Waals surface area contributed by atoms with Gasteiger partial charge in [0.05, 0.1) is 0 Å². The molecule has 0 aliphatic carbocycles. The zero-order chi connectivity index (χ0) is 16.7. The van der Waals surface area contributed by atoms with Gasteiger partial charge in [0, 0.05) is 0 Å². The maximum Gasteiger partial charge on any atom is 0.427 e. The van der Waals surface area contributed by atoms with Crippen LogP contribution in [0.4, 0.5) is 9.59 Å². The molecule has 1 aromatic rings. The third kappa shape index (κ3) is 4.55. The molecule has 2 rings (SSSR count). The van der Waals surface area contributed by atoms with Crippen molar-refractivity contribution in [1.82, 2.24) is 4.90 Å². The number of amides is 2. The van der Waals surface area contributed by atoms with Crippen molar-refractivity contribution in [2.45, 2.75) is 51.7 Å². The second-order valence-corrected chi connectivity index (χ2v) is 5.46. The van der Waals surface area contributed by atoms with Crippen molar-refractivity contribution >= 4 is 18.2 Å². The molecule has 0 N–H and O–H groups in total. The number of unbranched alkanes of at least 4 members (excludes halogenated alkanes) is 3. The Morgan fingerprint density at radius 3 is 2.61 bits per heavy atom. The first-order valence-corrected chi connectivity index (χ1v) is 7.89. The van der Waals surface area contributed by atoms with Crippen LogP contribution in [0.2, 0.25) is 0 Å². The number of ether oxygens (including phenoxy) is 2. The maximum absolute atomic E-state index is 12.1. The van der Waals surface area contributed by atoms with E-state index in [2.05, 4.69) is 11.7 Å². The van der Waals surface area contributed by atoms with Crippen molar-refractivity contribution in [3.8, 4) is 0 Å². The lowest BCUT2D eigenvalue weighted by Crippen LogP contribution is -2.40. The number of hydrogen-bond donors (Lipinski definition) is 0. The first-order valence-electron chi connectivity index (χ1n) is 7.89. The van der Waals surface area contributed by atoms with Crippen LogP contribution < -0.4 is 0 Å². The molecule has 1 aliphatic rings. The smallest absolute Gasteiger partial charge is 0.427 e. The van der Waals surface area contributed by atoms with Crippen molar-refractivity contribution in [2.24, 2.45) is 0 Å². The highest BCUT2D eigenvalue weighted by molar-refractivity contribution is 6.03. The summed E-state index contributed by atoms with van der Waals surface area (Å²) in [6.07, 6.45) is 2.43. The molecule has 0 aromatic heterocycles. The Labute approximate surface area is 135 Å². The summed E-state index contributed by atoms with van der Waals surface area (Å²) >= 11 is 0. The third-order valence-corrected chi connectivity index (χ3v) is 3.70. The van der Waals surface area contributed by atoms with Crippen LogP contribution in [-0.4, -0.2) is 29.1 Å². The lowest BCUT2D eigenvalue weighted by molar-refractivity contribution is -0.136. The van der Waals surface area contributed by atoms with E-state index < -0.39 is 24.2 Å². The van der Waals surface area contributed by atoms with E-state index >= 15 is 0 Å². The lowest BCUT2D eigenvalue weighted by atomic mass is 10.1.